The second kappa shape index (κ2) is 6.20. The third-order valence-electron chi connectivity index (χ3n) is 3.78. The summed E-state index contributed by atoms with van der Waals surface area (Å²) in [5.41, 5.74) is -0.891. The summed E-state index contributed by atoms with van der Waals surface area (Å²) < 4.78 is 15.2. The molecule has 0 radical (unpaired) electrons. The average Bonchev–Trinajstić information content (AvgIpc) is 2.60. The second-order valence-corrected chi connectivity index (χ2v) is 5.40. The van der Waals surface area contributed by atoms with Crippen LogP contribution in [0.4, 0.5) is 4.39 Å². The number of halogens is 1. The summed E-state index contributed by atoms with van der Waals surface area (Å²) in [5, 5.41) is 9.34. The van der Waals surface area contributed by atoms with Crippen LogP contribution in [0.2, 0.25) is 0 Å². The van der Waals surface area contributed by atoms with E-state index in [0.29, 0.717) is 0 Å². The number of carboxylic acid groups (broad SMARTS) is 1. The number of hydrogen-bond donors (Lipinski definition) is 1. The van der Waals surface area contributed by atoms with Crippen LogP contribution in [0.3, 0.4) is 0 Å². The van der Waals surface area contributed by atoms with E-state index in [1.807, 2.05) is 0 Å². The monoisotopic (exact) mass is 340 g/mol. The van der Waals surface area contributed by atoms with Crippen LogP contribution in [0.5, 0.6) is 0 Å². The Bertz CT molecular complexity index is 1080. The van der Waals surface area contributed by atoms with Crippen molar-refractivity contribution in [3.63, 3.8) is 0 Å². The van der Waals surface area contributed by atoms with E-state index < -0.39 is 23.0 Å². The Hall–Kier alpha value is -3.48. The molecule has 6 nitrogen and oxygen atoms in total. The van der Waals surface area contributed by atoms with E-state index in [-0.39, 0.29) is 22.4 Å². The summed E-state index contributed by atoms with van der Waals surface area (Å²) in [6.07, 6.45) is 1.30. The molecule has 1 aromatic heterocycles. The van der Waals surface area contributed by atoms with Gasteiger partial charge in [0.15, 0.2) is 0 Å². The molecule has 7 heteroatoms. The summed E-state index contributed by atoms with van der Waals surface area (Å²) in [4.78, 5) is 36.7. The largest absolute Gasteiger partial charge is 0.478 e. The Morgan fingerprint density at radius 3 is 2.28 bits per heavy atom. The number of hydrogen-bond acceptors (Lipinski definition) is 3. The van der Waals surface area contributed by atoms with E-state index >= 15 is 0 Å². The van der Waals surface area contributed by atoms with Crippen LogP contribution >= 0.6 is 0 Å². The normalized spacial score (nSPS) is 10.6. The first-order chi connectivity index (χ1) is 11.9. The standard InChI is InChI=1S/C18H13FN2O4/c1-20-10-15(13-4-2-3-5-14(13)17(23)24)16(22)21(18(20)25)12-8-6-11(19)7-9-12/h2-10H,1H3,(H,23,24). The molecular weight excluding hydrogens is 327 g/mol. The molecule has 0 atom stereocenters. The van der Waals surface area contributed by atoms with Crippen LogP contribution in [-0.2, 0) is 7.05 Å². The lowest BCUT2D eigenvalue weighted by Crippen LogP contribution is -2.38. The van der Waals surface area contributed by atoms with E-state index in [2.05, 4.69) is 0 Å². The maximum Gasteiger partial charge on any atom is 0.336 e. The lowest BCUT2D eigenvalue weighted by Gasteiger charge is -2.12. The van der Waals surface area contributed by atoms with Crippen LogP contribution < -0.4 is 11.2 Å². The van der Waals surface area contributed by atoms with Gasteiger partial charge in [0, 0.05) is 18.8 Å². The van der Waals surface area contributed by atoms with Gasteiger partial charge >= 0.3 is 11.7 Å². The fourth-order valence-electron chi connectivity index (χ4n) is 2.58. The van der Waals surface area contributed by atoms with E-state index in [4.69, 9.17) is 0 Å². The third kappa shape index (κ3) is 2.87. The maximum atomic E-state index is 13.1. The van der Waals surface area contributed by atoms with Crippen molar-refractivity contribution in [2.75, 3.05) is 0 Å². The predicted molar refractivity (Wildman–Crippen MR) is 89.6 cm³/mol. The molecule has 0 aliphatic heterocycles. The fraction of sp³-hybridized carbons (Fsp3) is 0.0556. The van der Waals surface area contributed by atoms with Crippen LogP contribution in [-0.4, -0.2) is 20.2 Å². The molecule has 1 N–H and O–H groups in total. The Morgan fingerprint density at radius 1 is 1.00 bits per heavy atom. The van der Waals surface area contributed by atoms with Gasteiger partial charge in [0.05, 0.1) is 16.8 Å². The molecule has 3 aromatic rings. The zero-order chi connectivity index (χ0) is 18.1. The van der Waals surface area contributed by atoms with E-state index in [0.717, 1.165) is 16.7 Å². The van der Waals surface area contributed by atoms with Gasteiger partial charge < -0.3 is 9.67 Å². The Balaban J connectivity index is 2.35. The summed E-state index contributed by atoms with van der Waals surface area (Å²) in [7, 11) is 1.45. The van der Waals surface area contributed by atoms with Gasteiger partial charge in [-0.3, -0.25) is 4.79 Å². The summed E-state index contributed by atoms with van der Waals surface area (Å²) in [6, 6.07) is 10.9. The summed E-state index contributed by atoms with van der Waals surface area (Å²) in [5.74, 6) is -1.68. The van der Waals surface area contributed by atoms with E-state index in [1.165, 1.54) is 42.1 Å². The third-order valence-corrected chi connectivity index (χ3v) is 3.78. The van der Waals surface area contributed by atoms with Gasteiger partial charge in [-0.25, -0.2) is 18.5 Å². The fourth-order valence-corrected chi connectivity index (χ4v) is 2.58. The van der Waals surface area contributed by atoms with Crippen LogP contribution in [0.1, 0.15) is 10.4 Å². The number of aryl methyl sites for hydroxylation is 1. The zero-order valence-corrected chi connectivity index (χ0v) is 13.1. The highest BCUT2D eigenvalue weighted by atomic mass is 19.1. The van der Waals surface area contributed by atoms with Gasteiger partial charge in [-0.2, -0.15) is 0 Å². The SMILES string of the molecule is Cn1cc(-c2ccccc2C(=O)O)c(=O)n(-c2ccc(F)cc2)c1=O. The topological polar surface area (TPSA) is 81.3 Å². The molecule has 0 aliphatic carbocycles. The Kier molecular flexibility index (Phi) is 4.06. The van der Waals surface area contributed by atoms with E-state index in [1.54, 1.807) is 12.1 Å². The molecule has 0 saturated heterocycles. The Morgan fingerprint density at radius 2 is 1.64 bits per heavy atom. The highest BCUT2D eigenvalue weighted by molar-refractivity contribution is 5.95. The number of aromatic nitrogens is 2. The van der Waals surface area contributed by atoms with Gasteiger partial charge in [-0.1, -0.05) is 18.2 Å². The molecular formula is C18H13FN2O4. The van der Waals surface area contributed by atoms with Gasteiger partial charge in [-0.15, -0.1) is 0 Å². The number of aromatic carboxylic acids is 1. The number of nitrogens with zero attached hydrogens (tertiary/aromatic N) is 2. The zero-order valence-electron chi connectivity index (χ0n) is 13.1. The van der Waals surface area contributed by atoms with Gasteiger partial charge in [0.25, 0.3) is 5.56 Å². The molecule has 0 saturated carbocycles. The first-order valence-electron chi connectivity index (χ1n) is 7.31. The molecule has 0 fully saturated rings. The molecule has 2 aromatic carbocycles. The lowest BCUT2D eigenvalue weighted by atomic mass is 10.0. The first-order valence-corrected chi connectivity index (χ1v) is 7.31. The minimum Gasteiger partial charge on any atom is -0.478 e. The van der Waals surface area contributed by atoms with Gasteiger partial charge in [0.1, 0.15) is 5.82 Å². The number of carboxylic acids is 1. The smallest absolute Gasteiger partial charge is 0.336 e. The number of carbonyl (C=O) groups is 1. The van der Waals surface area contributed by atoms with Crippen LogP contribution in [0.25, 0.3) is 16.8 Å². The Labute approximate surface area is 141 Å². The minimum atomic E-state index is -1.18. The summed E-state index contributed by atoms with van der Waals surface area (Å²) in [6.45, 7) is 0. The van der Waals surface area contributed by atoms with Crippen molar-refractivity contribution in [1.29, 1.82) is 0 Å². The highest BCUT2D eigenvalue weighted by Crippen LogP contribution is 2.20. The first kappa shape index (κ1) is 16.4. The van der Waals surface area contributed by atoms with Crippen molar-refractivity contribution < 1.29 is 14.3 Å². The van der Waals surface area contributed by atoms with E-state index in [9.17, 15) is 23.9 Å². The van der Waals surface area contributed by atoms with Crippen LogP contribution in [0.15, 0.2) is 64.3 Å². The van der Waals surface area contributed by atoms with Gasteiger partial charge in [0.2, 0.25) is 0 Å². The lowest BCUT2D eigenvalue weighted by molar-refractivity contribution is 0.0697. The molecule has 1 heterocycles. The quantitative estimate of drug-likeness (QED) is 0.791. The van der Waals surface area contributed by atoms with Crippen molar-refractivity contribution in [2.24, 2.45) is 7.05 Å². The highest BCUT2D eigenvalue weighted by Gasteiger charge is 2.18. The molecule has 0 bridgehead atoms. The van der Waals surface area contributed by atoms with Crippen molar-refractivity contribution in [3.8, 4) is 16.8 Å². The summed E-state index contributed by atoms with van der Waals surface area (Å²) >= 11 is 0. The number of rotatable bonds is 3. The maximum absolute atomic E-state index is 13.1. The average molecular weight is 340 g/mol. The second-order valence-electron chi connectivity index (χ2n) is 5.40. The minimum absolute atomic E-state index is 0.0519. The molecule has 0 spiro atoms. The van der Waals surface area contributed by atoms with Crippen molar-refractivity contribution in [3.05, 3.63) is 86.9 Å². The molecule has 25 heavy (non-hydrogen) atoms. The molecule has 0 aliphatic rings. The number of benzene rings is 2. The predicted octanol–water partition coefficient (Wildman–Crippen LogP) is 2.04. The van der Waals surface area contributed by atoms with Crippen LogP contribution in [0, 0.1) is 5.82 Å². The molecule has 0 unspecified atom stereocenters. The molecule has 0 amide bonds. The van der Waals surface area contributed by atoms with Crippen molar-refractivity contribution in [1.82, 2.24) is 9.13 Å². The van der Waals surface area contributed by atoms with Crippen molar-refractivity contribution >= 4 is 5.97 Å². The van der Waals surface area contributed by atoms with Gasteiger partial charge in [-0.05, 0) is 30.3 Å². The van der Waals surface area contributed by atoms with Crippen molar-refractivity contribution in [2.45, 2.75) is 0 Å². The molecule has 126 valence electrons. The molecule has 3 rings (SSSR count).